The van der Waals surface area contributed by atoms with Crippen LogP contribution in [0, 0.1) is 0 Å². The van der Waals surface area contributed by atoms with E-state index in [1.54, 1.807) is 0 Å². The summed E-state index contributed by atoms with van der Waals surface area (Å²) < 4.78 is 4.03. The van der Waals surface area contributed by atoms with Gasteiger partial charge in [-0.25, -0.2) is 0 Å². The molecule has 1 heterocycles. The Labute approximate surface area is 106 Å². The maximum absolute atomic E-state index is 5.56. The van der Waals surface area contributed by atoms with Gasteiger partial charge in [0.15, 0.2) is 0 Å². The van der Waals surface area contributed by atoms with Crippen LogP contribution in [0.4, 0.5) is 10.8 Å². The Morgan fingerprint density at radius 3 is 2.76 bits per heavy atom. The summed E-state index contributed by atoms with van der Waals surface area (Å²) in [6.07, 6.45) is 1.10. The molecule has 0 fully saturated rings. The van der Waals surface area contributed by atoms with Crippen molar-refractivity contribution in [2.24, 2.45) is 0 Å². The third-order valence-electron chi connectivity index (χ3n) is 2.77. The van der Waals surface area contributed by atoms with Crippen LogP contribution in [-0.4, -0.2) is 10.9 Å². The molecule has 1 aromatic carbocycles. The van der Waals surface area contributed by atoms with Gasteiger partial charge in [-0.05, 0) is 29.4 Å². The molecule has 0 radical (unpaired) electrons. The number of anilines is 2. The molecule has 3 N–H and O–H groups in total. The Balaban J connectivity index is 1.79. The molecule has 17 heavy (non-hydrogen) atoms. The third-order valence-corrected chi connectivity index (χ3v) is 3.53. The molecule has 2 aromatic rings. The average Bonchev–Trinajstić information content (AvgIpc) is 2.76. The first kappa shape index (κ1) is 11.9. The first-order chi connectivity index (χ1) is 8.25. The Bertz CT molecular complexity index is 453. The summed E-state index contributed by atoms with van der Waals surface area (Å²) in [6.45, 7) is 3.19. The number of aromatic nitrogens is 1. The fraction of sp³-hybridized carbons (Fsp3) is 0.308. The standard InChI is InChI=1S/C13H17N3S/c1-10(11-5-3-2-4-6-11)7-8-15-13-9-12(14)16-17-13/h2-6,9-10,15H,7-8H2,1H3,(H2,14,16). The molecule has 0 saturated heterocycles. The molecular formula is C13H17N3S. The van der Waals surface area contributed by atoms with Crippen molar-refractivity contribution in [3.05, 3.63) is 42.0 Å². The topological polar surface area (TPSA) is 50.9 Å². The lowest BCUT2D eigenvalue weighted by atomic mass is 9.98. The van der Waals surface area contributed by atoms with Gasteiger partial charge >= 0.3 is 0 Å². The molecule has 0 bridgehead atoms. The zero-order valence-electron chi connectivity index (χ0n) is 9.89. The van der Waals surface area contributed by atoms with E-state index in [9.17, 15) is 0 Å². The van der Waals surface area contributed by atoms with Crippen molar-refractivity contribution in [2.75, 3.05) is 17.6 Å². The van der Waals surface area contributed by atoms with Gasteiger partial charge in [-0.3, -0.25) is 0 Å². The minimum Gasteiger partial charge on any atom is -0.383 e. The van der Waals surface area contributed by atoms with Crippen molar-refractivity contribution < 1.29 is 0 Å². The maximum Gasteiger partial charge on any atom is 0.139 e. The second-order valence-electron chi connectivity index (χ2n) is 4.14. The van der Waals surface area contributed by atoms with Gasteiger partial charge in [0, 0.05) is 12.6 Å². The van der Waals surface area contributed by atoms with E-state index in [4.69, 9.17) is 5.73 Å². The number of benzene rings is 1. The molecule has 1 atom stereocenters. The van der Waals surface area contributed by atoms with Crippen LogP contribution in [0.5, 0.6) is 0 Å². The van der Waals surface area contributed by atoms with Gasteiger partial charge in [-0.2, -0.15) is 4.37 Å². The van der Waals surface area contributed by atoms with Crippen molar-refractivity contribution >= 4 is 22.4 Å². The molecule has 0 spiro atoms. The normalized spacial score (nSPS) is 12.3. The molecule has 0 aliphatic rings. The predicted molar refractivity (Wildman–Crippen MR) is 74.5 cm³/mol. The Morgan fingerprint density at radius 2 is 2.12 bits per heavy atom. The summed E-state index contributed by atoms with van der Waals surface area (Å²) in [7, 11) is 0. The number of nitrogens with one attached hydrogen (secondary N) is 1. The molecule has 0 aliphatic heterocycles. The van der Waals surface area contributed by atoms with Gasteiger partial charge in [0.2, 0.25) is 0 Å². The Hall–Kier alpha value is -1.55. The first-order valence-corrected chi connectivity index (χ1v) is 6.54. The number of hydrogen-bond acceptors (Lipinski definition) is 4. The van der Waals surface area contributed by atoms with E-state index < -0.39 is 0 Å². The minimum atomic E-state index is 0.564. The zero-order valence-corrected chi connectivity index (χ0v) is 10.7. The van der Waals surface area contributed by atoms with E-state index in [1.165, 1.54) is 17.1 Å². The highest BCUT2D eigenvalue weighted by Crippen LogP contribution is 2.20. The summed E-state index contributed by atoms with van der Waals surface area (Å²) >= 11 is 1.41. The summed E-state index contributed by atoms with van der Waals surface area (Å²) in [4.78, 5) is 0. The minimum absolute atomic E-state index is 0.564. The van der Waals surface area contributed by atoms with E-state index >= 15 is 0 Å². The lowest BCUT2D eigenvalue weighted by Gasteiger charge is -2.11. The van der Waals surface area contributed by atoms with Crippen molar-refractivity contribution in [1.82, 2.24) is 4.37 Å². The van der Waals surface area contributed by atoms with Crippen molar-refractivity contribution in [1.29, 1.82) is 0 Å². The smallest absolute Gasteiger partial charge is 0.139 e. The summed E-state index contributed by atoms with van der Waals surface area (Å²) in [6, 6.07) is 12.4. The molecule has 0 saturated carbocycles. The SMILES string of the molecule is CC(CCNc1cc(N)ns1)c1ccccc1. The van der Waals surface area contributed by atoms with E-state index in [1.807, 2.05) is 6.07 Å². The predicted octanol–water partition coefficient (Wildman–Crippen LogP) is 3.33. The average molecular weight is 247 g/mol. The first-order valence-electron chi connectivity index (χ1n) is 5.76. The van der Waals surface area contributed by atoms with Crippen LogP contribution < -0.4 is 11.1 Å². The fourth-order valence-electron chi connectivity index (χ4n) is 1.73. The molecule has 2 rings (SSSR count). The van der Waals surface area contributed by atoms with Crippen LogP contribution in [0.1, 0.15) is 24.8 Å². The van der Waals surface area contributed by atoms with E-state index in [-0.39, 0.29) is 0 Å². The fourth-order valence-corrected chi connectivity index (χ4v) is 2.33. The zero-order chi connectivity index (χ0) is 12.1. The number of nitrogens with zero attached hydrogens (tertiary/aromatic N) is 1. The molecule has 0 aliphatic carbocycles. The van der Waals surface area contributed by atoms with Crippen LogP contribution in [0.2, 0.25) is 0 Å². The van der Waals surface area contributed by atoms with Crippen LogP contribution >= 0.6 is 11.5 Å². The van der Waals surface area contributed by atoms with Crippen molar-refractivity contribution in [3.63, 3.8) is 0 Å². The monoisotopic (exact) mass is 247 g/mol. The van der Waals surface area contributed by atoms with E-state index in [2.05, 4.69) is 46.9 Å². The maximum atomic E-state index is 5.56. The molecule has 1 aromatic heterocycles. The highest BCUT2D eigenvalue weighted by atomic mass is 32.1. The summed E-state index contributed by atoms with van der Waals surface area (Å²) in [5, 5.41) is 4.39. The van der Waals surface area contributed by atoms with Crippen molar-refractivity contribution in [3.8, 4) is 0 Å². The van der Waals surface area contributed by atoms with Crippen LogP contribution in [0.25, 0.3) is 0 Å². The molecule has 0 amide bonds. The molecular weight excluding hydrogens is 230 g/mol. The van der Waals surface area contributed by atoms with Crippen LogP contribution in [0.3, 0.4) is 0 Å². The van der Waals surface area contributed by atoms with Crippen LogP contribution in [-0.2, 0) is 0 Å². The highest BCUT2D eigenvalue weighted by molar-refractivity contribution is 7.10. The largest absolute Gasteiger partial charge is 0.383 e. The van der Waals surface area contributed by atoms with Gasteiger partial charge < -0.3 is 11.1 Å². The molecule has 1 unspecified atom stereocenters. The van der Waals surface area contributed by atoms with Gasteiger partial charge in [0.1, 0.15) is 10.8 Å². The number of nitrogens with two attached hydrogens (primary N) is 1. The molecule has 90 valence electrons. The molecule has 4 heteroatoms. The summed E-state index contributed by atoms with van der Waals surface area (Å²) in [5.74, 6) is 1.16. The van der Waals surface area contributed by atoms with Gasteiger partial charge in [-0.1, -0.05) is 37.3 Å². The second kappa shape index (κ2) is 5.68. The lowest BCUT2D eigenvalue weighted by molar-refractivity contribution is 0.707. The Morgan fingerprint density at radius 1 is 1.35 bits per heavy atom. The van der Waals surface area contributed by atoms with Gasteiger partial charge in [-0.15, -0.1) is 0 Å². The lowest BCUT2D eigenvalue weighted by Crippen LogP contribution is -2.04. The Kier molecular flexibility index (Phi) is 3.98. The van der Waals surface area contributed by atoms with E-state index in [0.29, 0.717) is 11.7 Å². The van der Waals surface area contributed by atoms with Gasteiger partial charge in [0.25, 0.3) is 0 Å². The quantitative estimate of drug-likeness (QED) is 0.852. The summed E-state index contributed by atoms with van der Waals surface area (Å²) in [5.41, 5.74) is 6.95. The number of hydrogen-bond donors (Lipinski definition) is 2. The highest BCUT2D eigenvalue weighted by Gasteiger charge is 2.04. The van der Waals surface area contributed by atoms with Gasteiger partial charge in [0.05, 0.1) is 0 Å². The number of nitrogen functional groups attached to an aromatic ring is 1. The third kappa shape index (κ3) is 3.46. The van der Waals surface area contributed by atoms with Crippen molar-refractivity contribution in [2.45, 2.75) is 19.3 Å². The van der Waals surface area contributed by atoms with Crippen LogP contribution in [0.15, 0.2) is 36.4 Å². The second-order valence-corrected chi connectivity index (χ2v) is 4.95. The number of rotatable bonds is 5. The molecule has 3 nitrogen and oxygen atoms in total. The van der Waals surface area contributed by atoms with E-state index in [0.717, 1.165) is 18.0 Å².